The Hall–Kier alpha value is -1.26. The molecule has 1 N–H and O–H groups in total. The van der Waals surface area contributed by atoms with Crippen molar-refractivity contribution in [2.75, 3.05) is 12.4 Å². The summed E-state index contributed by atoms with van der Waals surface area (Å²) in [7, 11) is 1.60. The third-order valence-corrected chi connectivity index (χ3v) is 3.84. The molecule has 94 valence electrons. The summed E-state index contributed by atoms with van der Waals surface area (Å²) in [5.74, 6) is 0.614. The van der Waals surface area contributed by atoms with Gasteiger partial charge in [-0.25, -0.2) is 4.98 Å². The second-order valence-corrected chi connectivity index (χ2v) is 4.86. The van der Waals surface area contributed by atoms with Gasteiger partial charge in [-0.05, 0) is 33.6 Å². The lowest BCUT2D eigenvalue weighted by atomic mass is 10.2. The van der Waals surface area contributed by atoms with Gasteiger partial charge in [-0.2, -0.15) is 0 Å². The Labute approximate surface area is 119 Å². The van der Waals surface area contributed by atoms with Crippen molar-refractivity contribution in [3.8, 4) is 5.88 Å². The van der Waals surface area contributed by atoms with Gasteiger partial charge in [-0.15, -0.1) is 0 Å². The van der Waals surface area contributed by atoms with Crippen LogP contribution in [0.4, 0.5) is 5.69 Å². The van der Waals surface area contributed by atoms with Gasteiger partial charge in [0.15, 0.2) is 0 Å². The molecule has 3 nitrogen and oxygen atoms in total. The summed E-state index contributed by atoms with van der Waals surface area (Å²) in [4.78, 5) is 4.15. The standard InChI is InChI=1S/C13H12BrClN2O/c1-18-12-6-5-9(8-17-12)7-16-11-4-2-3-10(15)13(11)14/h2-6,8,16H,7H2,1H3. The molecule has 5 heteroatoms. The number of halogens is 2. The van der Waals surface area contributed by atoms with Crippen molar-refractivity contribution in [2.24, 2.45) is 0 Å². The molecule has 18 heavy (non-hydrogen) atoms. The van der Waals surface area contributed by atoms with E-state index in [1.54, 1.807) is 13.3 Å². The minimum Gasteiger partial charge on any atom is -0.481 e. The van der Waals surface area contributed by atoms with Crippen molar-refractivity contribution in [2.45, 2.75) is 6.54 Å². The first-order chi connectivity index (χ1) is 8.70. The maximum atomic E-state index is 6.02. The Kier molecular flexibility index (Phi) is 4.44. The molecule has 0 saturated heterocycles. The van der Waals surface area contributed by atoms with Gasteiger partial charge >= 0.3 is 0 Å². The van der Waals surface area contributed by atoms with Crippen molar-refractivity contribution in [1.82, 2.24) is 4.98 Å². The first kappa shape index (κ1) is 13.2. The summed E-state index contributed by atoms with van der Waals surface area (Å²) < 4.78 is 5.88. The van der Waals surface area contributed by atoms with E-state index in [1.807, 2.05) is 30.3 Å². The third kappa shape index (κ3) is 3.15. The zero-order valence-electron chi connectivity index (χ0n) is 9.78. The number of pyridine rings is 1. The van der Waals surface area contributed by atoms with Crippen LogP contribution in [0.3, 0.4) is 0 Å². The maximum Gasteiger partial charge on any atom is 0.212 e. The first-order valence-corrected chi connectivity index (χ1v) is 6.54. The third-order valence-electron chi connectivity index (χ3n) is 2.44. The van der Waals surface area contributed by atoms with Crippen LogP contribution in [0, 0.1) is 0 Å². The van der Waals surface area contributed by atoms with Crippen LogP contribution in [0.2, 0.25) is 5.02 Å². The lowest BCUT2D eigenvalue weighted by molar-refractivity contribution is 0.397. The molecule has 1 aromatic carbocycles. The number of aromatic nitrogens is 1. The monoisotopic (exact) mass is 326 g/mol. The SMILES string of the molecule is COc1ccc(CNc2cccc(Cl)c2Br)cn1. The summed E-state index contributed by atoms with van der Waals surface area (Å²) in [6.45, 7) is 0.677. The highest BCUT2D eigenvalue weighted by Crippen LogP contribution is 2.30. The van der Waals surface area contributed by atoms with Crippen molar-refractivity contribution >= 4 is 33.2 Å². The molecular weight excluding hydrogens is 316 g/mol. The van der Waals surface area contributed by atoms with Crippen molar-refractivity contribution in [3.05, 3.63) is 51.6 Å². The van der Waals surface area contributed by atoms with E-state index in [4.69, 9.17) is 16.3 Å². The predicted octanol–water partition coefficient (Wildman–Crippen LogP) is 4.12. The molecule has 0 fully saturated rings. The normalized spacial score (nSPS) is 10.2. The highest BCUT2D eigenvalue weighted by atomic mass is 79.9. The van der Waals surface area contributed by atoms with Crippen LogP contribution in [-0.4, -0.2) is 12.1 Å². The Morgan fingerprint density at radius 1 is 1.33 bits per heavy atom. The van der Waals surface area contributed by atoms with E-state index in [0.29, 0.717) is 17.4 Å². The van der Waals surface area contributed by atoms with Crippen LogP contribution in [0.25, 0.3) is 0 Å². The molecule has 0 aliphatic carbocycles. The molecule has 0 spiro atoms. The van der Waals surface area contributed by atoms with Crippen LogP contribution in [0.15, 0.2) is 41.0 Å². The van der Waals surface area contributed by atoms with Crippen LogP contribution in [0.1, 0.15) is 5.56 Å². The number of benzene rings is 1. The molecule has 1 aromatic heterocycles. The average Bonchev–Trinajstić information content (AvgIpc) is 2.41. The van der Waals surface area contributed by atoms with Gasteiger partial charge in [0.1, 0.15) is 0 Å². The van der Waals surface area contributed by atoms with E-state index >= 15 is 0 Å². The molecule has 2 aromatic rings. The zero-order chi connectivity index (χ0) is 13.0. The van der Waals surface area contributed by atoms with Crippen molar-refractivity contribution in [1.29, 1.82) is 0 Å². The zero-order valence-corrected chi connectivity index (χ0v) is 12.1. The van der Waals surface area contributed by atoms with Gasteiger partial charge < -0.3 is 10.1 Å². The largest absolute Gasteiger partial charge is 0.481 e. The fraction of sp³-hybridized carbons (Fsp3) is 0.154. The van der Waals surface area contributed by atoms with Crippen molar-refractivity contribution < 1.29 is 4.74 Å². The molecule has 0 aliphatic rings. The number of nitrogens with zero attached hydrogens (tertiary/aromatic N) is 1. The molecule has 2 rings (SSSR count). The fourth-order valence-electron chi connectivity index (χ4n) is 1.47. The smallest absolute Gasteiger partial charge is 0.212 e. The Morgan fingerprint density at radius 3 is 2.83 bits per heavy atom. The minimum absolute atomic E-state index is 0.614. The van der Waals surface area contributed by atoms with E-state index in [1.165, 1.54) is 0 Å². The van der Waals surface area contributed by atoms with E-state index in [9.17, 15) is 0 Å². The number of nitrogens with one attached hydrogen (secondary N) is 1. The molecule has 0 aliphatic heterocycles. The van der Waals surface area contributed by atoms with E-state index in [2.05, 4.69) is 26.2 Å². The van der Waals surface area contributed by atoms with Gasteiger partial charge in [0.2, 0.25) is 5.88 Å². The summed E-state index contributed by atoms with van der Waals surface area (Å²) in [5, 5.41) is 3.98. The minimum atomic E-state index is 0.614. The number of methoxy groups -OCH3 is 1. The number of rotatable bonds is 4. The number of hydrogen-bond donors (Lipinski definition) is 1. The second-order valence-electron chi connectivity index (χ2n) is 3.66. The Bertz CT molecular complexity index is 531. The summed E-state index contributed by atoms with van der Waals surface area (Å²) in [6, 6.07) is 9.52. The molecule has 0 atom stereocenters. The highest BCUT2D eigenvalue weighted by Gasteiger charge is 2.03. The quantitative estimate of drug-likeness (QED) is 0.917. The number of anilines is 1. The lowest BCUT2D eigenvalue weighted by Crippen LogP contribution is -2.01. The predicted molar refractivity (Wildman–Crippen MR) is 77.3 cm³/mol. The maximum absolute atomic E-state index is 6.02. The van der Waals surface area contributed by atoms with Gasteiger partial charge in [-0.3, -0.25) is 0 Å². The number of hydrogen-bond acceptors (Lipinski definition) is 3. The molecule has 0 radical (unpaired) electrons. The molecule has 0 bridgehead atoms. The molecule has 0 unspecified atom stereocenters. The highest BCUT2D eigenvalue weighted by molar-refractivity contribution is 9.10. The van der Waals surface area contributed by atoms with Crippen LogP contribution in [-0.2, 0) is 6.54 Å². The Balaban J connectivity index is 2.04. The molecule has 1 heterocycles. The first-order valence-electron chi connectivity index (χ1n) is 5.37. The van der Waals surface area contributed by atoms with Gasteiger partial charge in [0.25, 0.3) is 0 Å². The Morgan fingerprint density at radius 2 is 2.17 bits per heavy atom. The van der Waals surface area contributed by atoms with Crippen LogP contribution >= 0.6 is 27.5 Å². The summed E-state index contributed by atoms with van der Waals surface area (Å²) in [6.07, 6.45) is 1.78. The molecule has 0 saturated carbocycles. The van der Waals surface area contributed by atoms with E-state index in [0.717, 1.165) is 15.7 Å². The van der Waals surface area contributed by atoms with Crippen LogP contribution in [0.5, 0.6) is 5.88 Å². The number of ether oxygens (including phenoxy) is 1. The van der Waals surface area contributed by atoms with E-state index < -0.39 is 0 Å². The topological polar surface area (TPSA) is 34.1 Å². The van der Waals surface area contributed by atoms with Crippen LogP contribution < -0.4 is 10.1 Å². The summed E-state index contributed by atoms with van der Waals surface area (Å²) >= 11 is 9.47. The summed E-state index contributed by atoms with van der Waals surface area (Å²) in [5.41, 5.74) is 2.03. The van der Waals surface area contributed by atoms with Crippen molar-refractivity contribution in [3.63, 3.8) is 0 Å². The van der Waals surface area contributed by atoms with Gasteiger partial charge in [0, 0.05) is 18.8 Å². The van der Waals surface area contributed by atoms with Gasteiger partial charge in [-0.1, -0.05) is 23.7 Å². The fourth-order valence-corrected chi connectivity index (χ4v) is 2.05. The van der Waals surface area contributed by atoms with E-state index in [-0.39, 0.29) is 0 Å². The molecule has 0 amide bonds. The second kappa shape index (κ2) is 6.07. The average molecular weight is 328 g/mol. The van der Waals surface area contributed by atoms with Gasteiger partial charge in [0.05, 0.1) is 22.3 Å². The lowest BCUT2D eigenvalue weighted by Gasteiger charge is -2.09. The molecular formula is C13H12BrClN2O.